The molecule has 3 rings (SSSR count). The van der Waals surface area contributed by atoms with Crippen molar-refractivity contribution in [2.24, 2.45) is 0 Å². The van der Waals surface area contributed by atoms with Gasteiger partial charge in [0, 0.05) is 12.1 Å². The van der Waals surface area contributed by atoms with Gasteiger partial charge in [0.2, 0.25) is 0 Å². The SMILES string of the molecule is O=C(NCc1ccccc1F)c1cn(C2CCNCC2)nn1. The number of benzene rings is 1. The smallest absolute Gasteiger partial charge is 0.273 e. The topological polar surface area (TPSA) is 71.8 Å². The summed E-state index contributed by atoms with van der Waals surface area (Å²) in [6, 6.07) is 6.64. The van der Waals surface area contributed by atoms with Gasteiger partial charge in [0.15, 0.2) is 5.69 Å². The van der Waals surface area contributed by atoms with Crippen LogP contribution in [0.5, 0.6) is 0 Å². The molecule has 0 atom stereocenters. The molecule has 22 heavy (non-hydrogen) atoms. The second-order valence-corrected chi connectivity index (χ2v) is 5.34. The largest absolute Gasteiger partial charge is 0.346 e. The average molecular weight is 303 g/mol. The zero-order valence-corrected chi connectivity index (χ0v) is 12.1. The molecule has 1 aliphatic rings. The Morgan fingerprint density at radius 1 is 1.36 bits per heavy atom. The second-order valence-electron chi connectivity index (χ2n) is 5.34. The fourth-order valence-electron chi connectivity index (χ4n) is 2.54. The van der Waals surface area contributed by atoms with Gasteiger partial charge in [-0.2, -0.15) is 0 Å². The van der Waals surface area contributed by atoms with Crippen LogP contribution >= 0.6 is 0 Å². The minimum Gasteiger partial charge on any atom is -0.346 e. The third-order valence-corrected chi connectivity index (χ3v) is 3.82. The molecule has 1 aromatic carbocycles. The number of rotatable bonds is 4. The van der Waals surface area contributed by atoms with Gasteiger partial charge in [-0.05, 0) is 32.0 Å². The molecule has 0 spiro atoms. The van der Waals surface area contributed by atoms with Crippen LogP contribution in [0.1, 0.15) is 34.9 Å². The van der Waals surface area contributed by atoms with E-state index in [0.717, 1.165) is 25.9 Å². The van der Waals surface area contributed by atoms with Gasteiger partial charge in [-0.3, -0.25) is 4.79 Å². The van der Waals surface area contributed by atoms with Gasteiger partial charge in [0.25, 0.3) is 5.91 Å². The zero-order chi connectivity index (χ0) is 15.4. The second kappa shape index (κ2) is 6.65. The van der Waals surface area contributed by atoms with Gasteiger partial charge in [-0.1, -0.05) is 23.4 Å². The Kier molecular flexibility index (Phi) is 4.43. The monoisotopic (exact) mass is 303 g/mol. The fourth-order valence-corrected chi connectivity index (χ4v) is 2.54. The maximum atomic E-state index is 13.5. The van der Waals surface area contributed by atoms with Crippen molar-refractivity contribution < 1.29 is 9.18 Å². The lowest BCUT2D eigenvalue weighted by Crippen LogP contribution is -2.29. The van der Waals surface area contributed by atoms with E-state index in [9.17, 15) is 9.18 Å². The maximum absolute atomic E-state index is 13.5. The summed E-state index contributed by atoms with van der Waals surface area (Å²) in [5.74, 6) is -0.676. The molecule has 1 fully saturated rings. The first-order chi connectivity index (χ1) is 10.7. The van der Waals surface area contributed by atoms with Crippen molar-refractivity contribution in [1.82, 2.24) is 25.6 Å². The molecule has 1 aliphatic heterocycles. The molecule has 1 saturated heterocycles. The minimum atomic E-state index is -0.344. The lowest BCUT2D eigenvalue weighted by atomic mass is 10.1. The minimum absolute atomic E-state index is 0.131. The van der Waals surface area contributed by atoms with Crippen molar-refractivity contribution in [3.05, 3.63) is 47.5 Å². The molecule has 1 aromatic heterocycles. The van der Waals surface area contributed by atoms with Crippen molar-refractivity contribution >= 4 is 5.91 Å². The van der Waals surface area contributed by atoms with Crippen LogP contribution in [0.3, 0.4) is 0 Å². The zero-order valence-electron chi connectivity index (χ0n) is 12.1. The molecule has 2 heterocycles. The molecule has 0 unspecified atom stereocenters. The summed E-state index contributed by atoms with van der Waals surface area (Å²) >= 11 is 0. The third-order valence-electron chi connectivity index (χ3n) is 3.82. The van der Waals surface area contributed by atoms with Crippen LogP contribution < -0.4 is 10.6 Å². The number of carbonyl (C=O) groups excluding carboxylic acids is 1. The van der Waals surface area contributed by atoms with Gasteiger partial charge < -0.3 is 10.6 Å². The number of nitrogens with one attached hydrogen (secondary N) is 2. The van der Waals surface area contributed by atoms with Gasteiger partial charge in [-0.15, -0.1) is 5.10 Å². The van der Waals surface area contributed by atoms with E-state index in [2.05, 4.69) is 20.9 Å². The molecule has 0 saturated carbocycles. The summed E-state index contributed by atoms with van der Waals surface area (Å²) in [5.41, 5.74) is 0.705. The number of nitrogens with zero attached hydrogens (tertiary/aromatic N) is 3. The van der Waals surface area contributed by atoms with Crippen molar-refractivity contribution in [2.75, 3.05) is 13.1 Å². The molecule has 116 valence electrons. The summed E-state index contributed by atoms with van der Waals surface area (Å²) in [6.45, 7) is 2.02. The fraction of sp³-hybridized carbons (Fsp3) is 0.400. The molecule has 0 bridgehead atoms. The quantitative estimate of drug-likeness (QED) is 0.892. The molecule has 0 radical (unpaired) electrons. The standard InChI is InChI=1S/C15H18FN5O/c16-13-4-2-1-3-11(13)9-18-15(22)14-10-21(20-19-14)12-5-7-17-8-6-12/h1-4,10,12,17H,5-9H2,(H,18,22). The van der Waals surface area contributed by atoms with E-state index in [0.29, 0.717) is 5.56 Å². The van der Waals surface area contributed by atoms with E-state index in [1.165, 1.54) is 6.07 Å². The Balaban J connectivity index is 1.61. The highest BCUT2D eigenvalue weighted by Gasteiger charge is 2.18. The molecule has 7 heteroatoms. The van der Waals surface area contributed by atoms with E-state index < -0.39 is 0 Å². The van der Waals surface area contributed by atoms with Crippen molar-refractivity contribution in [3.8, 4) is 0 Å². The van der Waals surface area contributed by atoms with Crippen molar-refractivity contribution in [1.29, 1.82) is 0 Å². The number of halogens is 1. The Bertz CT molecular complexity index is 651. The molecular formula is C15H18FN5O. The first-order valence-electron chi connectivity index (χ1n) is 7.38. The van der Waals surface area contributed by atoms with Crippen LogP contribution in [0.2, 0.25) is 0 Å². The highest BCUT2D eigenvalue weighted by Crippen LogP contribution is 2.17. The van der Waals surface area contributed by atoms with Gasteiger partial charge in [0.05, 0.1) is 12.2 Å². The molecular weight excluding hydrogens is 285 g/mol. The number of hydrogen-bond acceptors (Lipinski definition) is 4. The van der Waals surface area contributed by atoms with E-state index in [-0.39, 0.29) is 30.0 Å². The lowest BCUT2D eigenvalue weighted by Gasteiger charge is -2.22. The first-order valence-corrected chi connectivity index (χ1v) is 7.38. The highest BCUT2D eigenvalue weighted by molar-refractivity contribution is 5.91. The summed E-state index contributed by atoms with van der Waals surface area (Å²) in [7, 11) is 0. The predicted molar refractivity (Wildman–Crippen MR) is 78.7 cm³/mol. The Hall–Kier alpha value is -2.28. The Morgan fingerprint density at radius 2 is 2.14 bits per heavy atom. The molecule has 2 aromatic rings. The number of amides is 1. The van der Waals surface area contributed by atoms with Crippen LogP contribution in [-0.2, 0) is 6.54 Å². The molecule has 6 nitrogen and oxygen atoms in total. The van der Waals surface area contributed by atoms with E-state index >= 15 is 0 Å². The number of hydrogen-bond donors (Lipinski definition) is 2. The Morgan fingerprint density at radius 3 is 2.91 bits per heavy atom. The lowest BCUT2D eigenvalue weighted by molar-refractivity contribution is 0.0945. The number of carbonyl (C=O) groups is 1. The normalized spacial score (nSPS) is 15.7. The summed E-state index contributed by atoms with van der Waals surface area (Å²) in [5, 5.41) is 13.9. The number of piperidine rings is 1. The van der Waals surface area contributed by atoms with Crippen LogP contribution in [0.15, 0.2) is 30.5 Å². The van der Waals surface area contributed by atoms with E-state index in [1.807, 2.05) is 0 Å². The Labute approximate surface area is 127 Å². The van der Waals surface area contributed by atoms with Gasteiger partial charge in [0.1, 0.15) is 5.82 Å². The summed E-state index contributed by atoms with van der Waals surface area (Å²) in [6.07, 6.45) is 3.60. The maximum Gasteiger partial charge on any atom is 0.273 e. The molecule has 0 aliphatic carbocycles. The highest BCUT2D eigenvalue weighted by atomic mass is 19.1. The van der Waals surface area contributed by atoms with Gasteiger partial charge in [-0.25, -0.2) is 9.07 Å². The van der Waals surface area contributed by atoms with Crippen molar-refractivity contribution in [3.63, 3.8) is 0 Å². The van der Waals surface area contributed by atoms with Gasteiger partial charge >= 0.3 is 0 Å². The molecule has 2 N–H and O–H groups in total. The average Bonchev–Trinajstić information content (AvgIpc) is 3.05. The molecule has 1 amide bonds. The number of aromatic nitrogens is 3. The van der Waals surface area contributed by atoms with E-state index in [1.54, 1.807) is 29.1 Å². The third kappa shape index (κ3) is 3.30. The van der Waals surface area contributed by atoms with Crippen LogP contribution in [0.4, 0.5) is 4.39 Å². The van der Waals surface area contributed by atoms with Crippen LogP contribution in [0, 0.1) is 5.82 Å². The van der Waals surface area contributed by atoms with Crippen molar-refractivity contribution in [2.45, 2.75) is 25.4 Å². The van der Waals surface area contributed by atoms with E-state index in [4.69, 9.17) is 0 Å². The summed E-state index contributed by atoms with van der Waals surface area (Å²) in [4.78, 5) is 12.1. The summed E-state index contributed by atoms with van der Waals surface area (Å²) < 4.78 is 15.2. The van der Waals surface area contributed by atoms with Crippen LogP contribution in [0.25, 0.3) is 0 Å². The predicted octanol–water partition coefficient (Wildman–Crippen LogP) is 1.27. The van der Waals surface area contributed by atoms with Crippen LogP contribution in [-0.4, -0.2) is 34.0 Å². The first kappa shape index (κ1) is 14.6.